The highest BCUT2D eigenvalue weighted by Crippen LogP contribution is 2.46. The van der Waals surface area contributed by atoms with E-state index in [1.54, 1.807) is 22.7 Å². The maximum absolute atomic E-state index is 14.1. The summed E-state index contributed by atoms with van der Waals surface area (Å²) in [6, 6.07) is 9.79. The van der Waals surface area contributed by atoms with Gasteiger partial charge in [0, 0.05) is 11.6 Å². The first-order chi connectivity index (χ1) is 15.0. The molecular formula is C22H17FN6O2. The lowest BCUT2D eigenvalue weighted by Crippen LogP contribution is -2.24. The molecule has 1 saturated carbocycles. The average Bonchev–Trinajstić information content (AvgIpc) is 3.18. The van der Waals surface area contributed by atoms with Crippen LogP contribution in [0.4, 0.5) is 4.39 Å². The predicted octanol–water partition coefficient (Wildman–Crippen LogP) is 3.33. The van der Waals surface area contributed by atoms with E-state index in [0.29, 0.717) is 33.8 Å². The van der Waals surface area contributed by atoms with Crippen molar-refractivity contribution in [2.75, 3.05) is 0 Å². The first kappa shape index (κ1) is 17.9. The molecule has 0 N–H and O–H groups in total. The zero-order valence-electron chi connectivity index (χ0n) is 16.6. The number of nitrogens with zero attached hydrogens (tertiary/aromatic N) is 6. The van der Waals surface area contributed by atoms with Gasteiger partial charge in [-0.15, -0.1) is 0 Å². The number of benzene rings is 1. The lowest BCUT2D eigenvalue weighted by molar-refractivity contribution is 0.415. The van der Waals surface area contributed by atoms with Crippen molar-refractivity contribution < 1.29 is 8.91 Å². The van der Waals surface area contributed by atoms with Crippen molar-refractivity contribution in [2.45, 2.75) is 31.7 Å². The number of rotatable bonds is 4. The molecule has 4 aromatic heterocycles. The van der Waals surface area contributed by atoms with Crippen LogP contribution in [0.3, 0.4) is 0 Å². The Hall–Kier alpha value is -3.88. The van der Waals surface area contributed by atoms with E-state index in [2.05, 4.69) is 27.0 Å². The second-order valence-corrected chi connectivity index (χ2v) is 8.14. The monoisotopic (exact) mass is 416 g/mol. The standard InChI is InChI=1S/C22H17FN6O2/c1-22(7-8-22)21-26-19(31-27-21)17-18-20(30)28(11-14-4-2-3-9-24-14)16-10-13(23)5-6-15(16)29(18)12-25-17/h2-6,9-10,12H,7-8,11H2,1H3. The molecule has 0 unspecified atom stereocenters. The summed E-state index contributed by atoms with van der Waals surface area (Å²) in [6.45, 7) is 2.27. The molecule has 0 radical (unpaired) electrons. The van der Waals surface area contributed by atoms with Crippen molar-refractivity contribution in [3.05, 3.63) is 76.6 Å². The molecule has 0 aliphatic heterocycles. The van der Waals surface area contributed by atoms with E-state index in [1.807, 2.05) is 12.1 Å². The van der Waals surface area contributed by atoms with Crippen molar-refractivity contribution in [3.63, 3.8) is 0 Å². The van der Waals surface area contributed by atoms with Gasteiger partial charge in [-0.1, -0.05) is 18.1 Å². The Morgan fingerprint density at radius 2 is 2.03 bits per heavy atom. The zero-order chi connectivity index (χ0) is 21.2. The third kappa shape index (κ3) is 2.77. The SMILES string of the molecule is CC1(c2noc(-c3ncn4c3c(=O)n(Cc3ccccn3)c3cc(F)ccc34)n2)CC1. The summed E-state index contributed by atoms with van der Waals surface area (Å²) in [6.07, 6.45) is 5.19. The number of imidazole rings is 1. The summed E-state index contributed by atoms with van der Waals surface area (Å²) in [5.41, 5.74) is 1.97. The van der Waals surface area contributed by atoms with E-state index in [1.165, 1.54) is 23.0 Å². The van der Waals surface area contributed by atoms with Gasteiger partial charge in [-0.3, -0.25) is 18.7 Å². The van der Waals surface area contributed by atoms with E-state index in [-0.39, 0.29) is 23.4 Å². The maximum atomic E-state index is 14.1. The summed E-state index contributed by atoms with van der Waals surface area (Å²) in [7, 11) is 0. The van der Waals surface area contributed by atoms with E-state index < -0.39 is 5.82 Å². The Morgan fingerprint density at radius 3 is 2.81 bits per heavy atom. The molecule has 0 saturated heterocycles. The highest BCUT2D eigenvalue weighted by molar-refractivity contribution is 5.83. The van der Waals surface area contributed by atoms with Crippen LogP contribution in [-0.4, -0.2) is 29.1 Å². The molecule has 154 valence electrons. The van der Waals surface area contributed by atoms with Crippen molar-refractivity contribution in [1.82, 2.24) is 29.1 Å². The molecular weight excluding hydrogens is 399 g/mol. The van der Waals surface area contributed by atoms with Gasteiger partial charge in [-0.05, 0) is 43.2 Å². The quantitative estimate of drug-likeness (QED) is 0.446. The summed E-state index contributed by atoms with van der Waals surface area (Å²) in [5.74, 6) is 0.398. The second kappa shape index (κ2) is 6.31. The lowest BCUT2D eigenvalue weighted by Gasteiger charge is -2.12. The molecule has 1 aliphatic rings. The number of hydrogen-bond acceptors (Lipinski definition) is 6. The van der Waals surface area contributed by atoms with E-state index >= 15 is 0 Å². The van der Waals surface area contributed by atoms with Gasteiger partial charge in [0.25, 0.3) is 11.4 Å². The van der Waals surface area contributed by atoms with Crippen molar-refractivity contribution in [2.24, 2.45) is 0 Å². The van der Waals surface area contributed by atoms with Crippen LogP contribution in [0.1, 0.15) is 31.3 Å². The average molecular weight is 416 g/mol. The molecule has 4 heterocycles. The van der Waals surface area contributed by atoms with Crippen molar-refractivity contribution >= 4 is 16.6 Å². The molecule has 1 fully saturated rings. The predicted molar refractivity (Wildman–Crippen MR) is 110 cm³/mol. The summed E-state index contributed by atoms with van der Waals surface area (Å²) in [5, 5.41) is 4.10. The van der Waals surface area contributed by atoms with Gasteiger partial charge in [-0.2, -0.15) is 4.98 Å². The Bertz CT molecular complexity index is 1510. The Balaban J connectivity index is 1.61. The topological polar surface area (TPSA) is 91.1 Å². The summed E-state index contributed by atoms with van der Waals surface area (Å²) >= 11 is 0. The fraction of sp³-hybridized carbons (Fsp3) is 0.227. The van der Waals surface area contributed by atoms with Gasteiger partial charge in [0.2, 0.25) is 0 Å². The van der Waals surface area contributed by atoms with Crippen LogP contribution in [0.15, 0.2) is 58.2 Å². The smallest absolute Gasteiger partial charge is 0.279 e. The maximum Gasteiger partial charge on any atom is 0.279 e. The Morgan fingerprint density at radius 1 is 1.16 bits per heavy atom. The van der Waals surface area contributed by atoms with Gasteiger partial charge >= 0.3 is 0 Å². The van der Waals surface area contributed by atoms with Crippen LogP contribution in [-0.2, 0) is 12.0 Å². The molecule has 0 bridgehead atoms. The van der Waals surface area contributed by atoms with Gasteiger partial charge in [-0.25, -0.2) is 9.37 Å². The third-order valence-corrected chi connectivity index (χ3v) is 5.92. The normalized spacial score (nSPS) is 15.0. The zero-order valence-corrected chi connectivity index (χ0v) is 16.6. The van der Waals surface area contributed by atoms with Crippen LogP contribution in [0, 0.1) is 5.82 Å². The number of fused-ring (bicyclic) bond motifs is 3. The van der Waals surface area contributed by atoms with Crippen LogP contribution < -0.4 is 5.56 Å². The van der Waals surface area contributed by atoms with Crippen molar-refractivity contribution in [1.29, 1.82) is 0 Å². The molecule has 0 spiro atoms. The Labute approximate surface area is 175 Å². The minimum absolute atomic E-state index is 0.0688. The first-order valence-corrected chi connectivity index (χ1v) is 9.97. The molecule has 5 aromatic rings. The third-order valence-electron chi connectivity index (χ3n) is 5.92. The van der Waals surface area contributed by atoms with Crippen LogP contribution in [0.25, 0.3) is 28.1 Å². The minimum atomic E-state index is -0.430. The summed E-state index contributed by atoms with van der Waals surface area (Å²) < 4.78 is 22.7. The molecule has 1 aromatic carbocycles. The fourth-order valence-corrected chi connectivity index (χ4v) is 3.83. The molecule has 31 heavy (non-hydrogen) atoms. The number of halogens is 1. The van der Waals surface area contributed by atoms with E-state index in [0.717, 1.165) is 12.8 Å². The number of pyridine rings is 1. The molecule has 1 aliphatic carbocycles. The van der Waals surface area contributed by atoms with E-state index in [9.17, 15) is 9.18 Å². The van der Waals surface area contributed by atoms with Gasteiger partial charge in [0.1, 0.15) is 17.7 Å². The minimum Gasteiger partial charge on any atom is -0.332 e. The highest BCUT2D eigenvalue weighted by atomic mass is 19.1. The van der Waals surface area contributed by atoms with Crippen LogP contribution >= 0.6 is 0 Å². The largest absolute Gasteiger partial charge is 0.332 e. The van der Waals surface area contributed by atoms with E-state index in [4.69, 9.17) is 4.52 Å². The number of aromatic nitrogens is 6. The molecule has 6 rings (SSSR count). The highest BCUT2D eigenvalue weighted by Gasteiger charge is 2.44. The van der Waals surface area contributed by atoms with Crippen LogP contribution in [0.2, 0.25) is 0 Å². The first-order valence-electron chi connectivity index (χ1n) is 9.97. The molecule has 8 nitrogen and oxygen atoms in total. The summed E-state index contributed by atoms with van der Waals surface area (Å²) in [4.78, 5) is 26.8. The van der Waals surface area contributed by atoms with Gasteiger partial charge in [0.05, 0.1) is 23.3 Å². The van der Waals surface area contributed by atoms with Crippen molar-refractivity contribution in [3.8, 4) is 11.6 Å². The molecule has 9 heteroatoms. The second-order valence-electron chi connectivity index (χ2n) is 8.14. The molecule has 0 amide bonds. The Kier molecular flexibility index (Phi) is 3.65. The van der Waals surface area contributed by atoms with Gasteiger partial charge < -0.3 is 4.52 Å². The van der Waals surface area contributed by atoms with Gasteiger partial charge in [0.15, 0.2) is 11.5 Å². The molecule has 0 atom stereocenters. The lowest BCUT2D eigenvalue weighted by atomic mass is 10.1. The number of hydrogen-bond donors (Lipinski definition) is 0. The fourth-order valence-electron chi connectivity index (χ4n) is 3.83. The van der Waals surface area contributed by atoms with Crippen LogP contribution in [0.5, 0.6) is 0 Å².